The summed E-state index contributed by atoms with van der Waals surface area (Å²) in [6, 6.07) is 5.01. The van der Waals surface area contributed by atoms with E-state index in [9.17, 15) is 9.59 Å². The molecule has 8 heteroatoms. The number of hydrogen-bond acceptors (Lipinski definition) is 7. The van der Waals surface area contributed by atoms with Crippen LogP contribution in [0.1, 0.15) is 58.9 Å². The van der Waals surface area contributed by atoms with Crippen LogP contribution in [0.15, 0.2) is 18.2 Å². The van der Waals surface area contributed by atoms with Crippen LogP contribution in [0.2, 0.25) is 0 Å². The van der Waals surface area contributed by atoms with Crippen molar-refractivity contribution in [2.24, 2.45) is 0 Å². The summed E-state index contributed by atoms with van der Waals surface area (Å²) in [4.78, 5) is 26.6. The van der Waals surface area contributed by atoms with Gasteiger partial charge in [0.1, 0.15) is 5.00 Å². The lowest BCUT2D eigenvalue weighted by atomic mass is 9.81. The van der Waals surface area contributed by atoms with Crippen LogP contribution in [-0.4, -0.2) is 31.3 Å². The van der Waals surface area contributed by atoms with Crippen molar-refractivity contribution < 1.29 is 23.8 Å². The number of hydrogen-bond donors (Lipinski definition) is 2. The molecule has 0 radical (unpaired) electrons. The largest absolute Gasteiger partial charge is 0.465 e. The van der Waals surface area contributed by atoms with Crippen molar-refractivity contribution in [1.29, 1.82) is 0 Å². The first-order valence-electron chi connectivity index (χ1n) is 9.36. The van der Waals surface area contributed by atoms with E-state index < -0.39 is 5.97 Å². The van der Waals surface area contributed by atoms with Gasteiger partial charge < -0.3 is 24.8 Å². The van der Waals surface area contributed by atoms with Gasteiger partial charge in [-0.2, -0.15) is 0 Å². The summed E-state index contributed by atoms with van der Waals surface area (Å²) in [5.74, 6) is 0.371. The van der Waals surface area contributed by atoms with E-state index in [2.05, 4.69) is 38.3 Å². The number of amides is 1. The lowest BCUT2D eigenvalue weighted by Gasteiger charge is -2.42. The van der Waals surface area contributed by atoms with Crippen molar-refractivity contribution in [2.45, 2.75) is 45.2 Å². The normalized spacial score (nSPS) is 18.1. The third-order valence-corrected chi connectivity index (χ3v) is 6.57. The molecule has 154 valence electrons. The maximum atomic E-state index is 12.9. The molecule has 2 aliphatic heterocycles. The summed E-state index contributed by atoms with van der Waals surface area (Å²) in [6.45, 7) is 8.49. The quantitative estimate of drug-likeness (QED) is 0.743. The Morgan fingerprint density at radius 1 is 1.17 bits per heavy atom. The molecule has 7 nitrogen and oxygen atoms in total. The highest BCUT2D eigenvalue weighted by Gasteiger charge is 2.42. The minimum absolute atomic E-state index is 0.141. The number of rotatable bonds is 3. The molecule has 0 saturated heterocycles. The molecule has 0 aliphatic carbocycles. The van der Waals surface area contributed by atoms with Gasteiger partial charge in [-0.25, -0.2) is 4.79 Å². The number of anilines is 1. The second-order valence-corrected chi connectivity index (χ2v) is 9.46. The molecule has 0 bridgehead atoms. The number of fused-ring (bicyclic) bond motifs is 2. The van der Waals surface area contributed by atoms with Gasteiger partial charge in [-0.3, -0.25) is 4.79 Å². The van der Waals surface area contributed by atoms with Crippen LogP contribution >= 0.6 is 11.3 Å². The monoisotopic (exact) mass is 416 g/mol. The predicted octanol–water partition coefficient (Wildman–Crippen LogP) is 3.68. The number of ether oxygens (including phenoxy) is 3. The van der Waals surface area contributed by atoms with E-state index in [-0.39, 0.29) is 23.8 Å². The van der Waals surface area contributed by atoms with Crippen molar-refractivity contribution in [1.82, 2.24) is 5.32 Å². The van der Waals surface area contributed by atoms with Crippen molar-refractivity contribution in [3.63, 3.8) is 0 Å². The predicted molar refractivity (Wildman–Crippen MR) is 110 cm³/mol. The van der Waals surface area contributed by atoms with Gasteiger partial charge in [0, 0.05) is 21.5 Å². The van der Waals surface area contributed by atoms with Gasteiger partial charge in [0.15, 0.2) is 11.5 Å². The van der Waals surface area contributed by atoms with E-state index >= 15 is 0 Å². The maximum absolute atomic E-state index is 12.9. The highest BCUT2D eigenvalue weighted by molar-refractivity contribution is 7.17. The third-order valence-electron chi connectivity index (χ3n) is 5.10. The number of nitrogens with one attached hydrogen (secondary N) is 2. The zero-order valence-corrected chi connectivity index (χ0v) is 17.9. The summed E-state index contributed by atoms with van der Waals surface area (Å²) in [5.41, 5.74) is 1.25. The van der Waals surface area contributed by atoms with E-state index in [1.165, 1.54) is 18.4 Å². The molecule has 0 atom stereocenters. The fourth-order valence-corrected chi connectivity index (χ4v) is 5.41. The minimum Gasteiger partial charge on any atom is -0.465 e. The Hall–Kier alpha value is -2.58. The molecule has 1 amide bonds. The van der Waals surface area contributed by atoms with Crippen LogP contribution in [0.25, 0.3) is 0 Å². The van der Waals surface area contributed by atoms with Gasteiger partial charge >= 0.3 is 5.97 Å². The molecule has 2 aliphatic rings. The lowest BCUT2D eigenvalue weighted by Crippen LogP contribution is -2.55. The first-order valence-corrected chi connectivity index (χ1v) is 10.2. The van der Waals surface area contributed by atoms with Gasteiger partial charge in [-0.05, 0) is 57.9 Å². The number of esters is 1. The second kappa shape index (κ2) is 6.74. The fraction of sp³-hybridized carbons (Fsp3) is 0.429. The molecule has 2 aromatic rings. The van der Waals surface area contributed by atoms with Crippen molar-refractivity contribution in [3.05, 3.63) is 39.8 Å². The number of benzene rings is 1. The van der Waals surface area contributed by atoms with Crippen molar-refractivity contribution in [2.75, 3.05) is 19.2 Å². The average molecular weight is 416 g/mol. The van der Waals surface area contributed by atoms with Crippen LogP contribution in [-0.2, 0) is 16.7 Å². The molecule has 0 unspecified atom stereocenters. The highest BCUT2D eigenvalue weighted by Crippen LogP contribution is 2.45. The summed E-state index contributed by atoms with van der Waals surface area (Å²) < 4.78 is 15.7. The second-order valence-electron chi connectivity index (χ2n) is 8.44. The van der Waals surface area contributed by atoms with Crippen LogP contribution in [0.5, 0.6) is 11.5 Å². The average Bonchev–Trinajstić information content (AvgIpc) is 3.23. The standard InChI is InChI=1S/C21H24N2O5S/c1-20(2)9-12-15(19(25)26-5)18(29-16(12)21(3,4)23-20)22-17(24)11-6-7-13-14(8-11)28-10-27-13/h6-8,23H,9-10H2,1-5H3,(H,22,24). The number of carbonyl (C=O) groups is 2. The van der Waals surface area contributed by atoms with E-state index in [0.29, 0.717) is 34.0 Å². The van der Waals surface area contributed by atoms with Gasteiger partial charge in [-0.15, -0.1) is 11.3 Å². The first-order chi connectivity index (χ1) is 13.6. The fourth-order valence-electron chi connectivity index (χ4n) is 4.15. The van der Waals surface area contributed by atoms with Crippen LogP contribution in [0.4, 0.5) is 5.00 Å². The van der Waals surface area contributed by atoms with Gasteiger partial charge in [0.05, 0.1) is 12.7 Å². The Kier molecular flexibility index (Phi) is 4.59. The first kappa shape index (κ1) is 19.7. The zero-order valence-electron chi connectivity index (χ0n) is 17.1. The Balaban J connectivity index is 1.73. The Morgan fingerprint density at radius 2 is 1.90 bits per heavy atom. The molecule has 0 fully saturated rings. The Labute approximate surface area is 173 Å². The van der Waals surface area contributed by atoms with Gasteiger partial charge in [0.2, 0.25) is 6.79 Å². The van der Waals surface area contributed by atoms with E-state index in [4.69, 9.17) is 14.2 Å². The number of methoxy groups -OCH3 is 1. The molecular weight excluding hydrogens is 392 g/mol. The Bertz CT molecular complexity index is 1010. The summed E-state index contributed by atoms with van der Waals surface area (Å²) in [7, 11) is 1.35. The molecule has 2 N–H and O–H groups in total. The molecule has 0 spiro atoms. The smallest absolute Gasteiger partial charge is 0.341 e. The lowest BCUT2D eigenvalue weighted by molar-refractivity contribution is 0.0600. The van der Waals surface area contributed by atoms with E-state index in [1.54, 1.807) is 18.2 Å². The molecule has 3 heterocycles. The topological polar surface area (TPSA) is 85.9 Å². The van der Waals surface area contributed by atoms with Crippen molar-refractivity contribution >= 4 is 28.2 Å². The summed E-state index contributed by atoms with van der Waals surface area (Å²) in [6.07, 6.45) is 0.659. The molecule has 29 heavy (non-hydrogen) atoms. The number of thiophene rings is 1. The number of carbonyl (C=O) groups excluding carboxylic acids is 2. The SMILES string of the molecule is COC(=O)c1c(NC(=O)c2ccc3c(c2)OCO3)sc2c1CC(C)(C)NC2(C)C. The van der Waals surface area contributed by atoms with Crippen LogP contribution in [0, 0.1) is 0 Å². The van der Waals surface area contributed by atoms with Crippen molar-refractivity contribution in [3.8, 4) is 11.5 Å². The Morgan fingerprint density at radius 3 is 2.62 bits per heavy atom. The molecule has 4 rings (SSSR count). The van der Waals surface area contributed by atoms with Gasteiger partial charge in [-0.1, -0.05) is 0 Å². The summed E-state index contributed by atoms with van der Waals surface area (Å²) >= 11 is 1.41. The summed E-state index contributed by atoms with van der Waals surface area (Å²) in [5, 5.41) is 7.02. The van der Waals surface area contributed by atoms with Crippen LogP contribution in [0.3, 0.4) is 0 Å². The molecular formula is C21H24N2O5S. The highest BCUT2D eigenvalue weighted by atomic mass is 32.1. The maximum Gasteiger partial charge on any atom is 0.341 e. The zero-order chi connectivity index (χ0) is 21.0. The molecule has 0 saturated carbocycles. The molecule has 1 aromatic carbocycles. The molecule has 1 aromatic heterocycles. The van der Waals surface area contributed by atoms with Crippen LogP contribution < -0.4 is 20.1 Å². The minimum atomic E-state index is -0.447. The van der Waals surface area contributed by atoms with E-state index in [1.807, 2.05) is 0 Å². The van der Waals surface area contributed by atoms with E-state index in [0.717, 1.165) is 10.4 Å². The van der Waals surface area contributed by atoms with Gasteiger partial charge in [0.25, 0.3) is 5.91 Å². The third kappa shape index (κ3) is 3.47.